The third-order valence-corrected chi connectivity index (χ3v) is 3.47. The molecule has 2 amide bonds. The van der Waals surface area contributed by atoms with Gasteiger partial charge in [0.1, 0.15) is 18.3 Å². The molecule has 7 nitrogen and oxygen atoms in total. The second kappa shape index (κ2) is 10.5. The van der Waals surface area contributed by atoms with Gasteiger partial charge in [0.15, 0.2) is 6.61 Å². The average molecular weight is 404 g/mol. The molecule has 156 valence electrons. The summed E-state index contributed by atoms with van der Waals surface area (Å²) < 4.78 is 46.3. The highest BCUT2D eigenvalue weighted by atomic mass is 19.4. The van der Waals surface area contributed by atoms with Crippen LogP contribution in [-0.2, 0) is 14.3 Å². The van der Waals surface area contributed by atoms with Gasteiger partial charge < -0.3 is 20.1 Å². The van der Waals surface area contributed by atoms with Crippen LogP contribution in [0.2, 0.25) is 0 Å². The number of hydrogen-bond acceptors (Lipinski definition) is 5. The van der Waals surface area contributed by atoms with Crippen LogP contribution in [0.15, 0.2) is 24.3 Å². The SMILES string of the molecule is CCOc1ccccc1C(=O)NC(C(=O)OCC(=O)NCC(F)(F)F)C(C)C. The molecule has 1 rings (SSSR count). The number of ether oxygens (including phenoxy) is 2. The topological polar surface area (TPSA) is 93.7 Å². The molecule has 0 heterocycles. The standard InChI is InChI=1S/C18H23F3N2O5/c1-4-27-13-8-6-5-7-12(13)16(25)23-15(11(2)3)17(26)28-9-14(24)22-10-18(19,20)21/h5-8,11,15H,4,9-10H2,1-3H3,(H,22,24)(H,23,25). The summed E-state index contributed by atoms with van der Waals surface area (Å²) in [7, 11) is 0. The molecule has 0 saturated carbocycles. The molecule has 1 atom stereocenters. The van der Waals surface area contributed by atoms with Crippen molar-refractivity contribution in [3.63, 3.8) is 0 Å². The molecule has 0 aromatic heterocycles. The average Bonchev–Trinajstić information content (AvgIpc) is 2.62. The molecule has 10 heteroatoms. The summed E-state index contributed by atoms with van der Waals surface area (Å²) >= 11 is 0. The third-order valence-electron chi connectivity index (χ3n) is 3.47. The number of amides is 2. The molecule has 0 fully saturated rings. The van der Waals surface area contributed by atoms with Crippen LogP contribution in [0.5, 0.6) is 5.75 Å². The molecule has 0 aliphatic heterocycles. The lowest BCUT2D eigenvalue weighted by molar-refractivity contribution is -0.153. The van der Waals surface area contributed by atoms with Crippen molar-refractivity contribution < 1.29 is 37.0 Å². The molecule has 28 heavy (non-hydrogen) atoms. The molecule has 0 spiro atoms. The Hall–Kier alpha value is -2.78. The predicted octanol–water partition coefficient (Wildman–Crippen LogP) is 2.06. The van der Waals surface area contributed by atoms with Gasteiger partial charge in [-0.15, -0.1) is 0 Å². The van der Waals surface area contributed by atoms with Crippen molar-refractivity contribution in [1.29, 1.82) is 0 Å². The lowest BCUT2D eigenvalue weighted by Gasteiger charge is -2.21. The van der Waals surface area contributed by atoms with Crippen LogP contribution >= 0.6 is 0 Å². The van der Waals surface area contributed by atoms with Crippen LogP contribution in [0.1, 0.15) is 31.1 Å². The fourth-order valence-corrected chi connectivity index (χ4v) is 2.13. The second-order valence-corrected chi connectivity index (χ2v) is 6.12. The van der Waals surface area contributed by atoms with E-state index in [1.54, 1.807) is 44.3 Å². The second-order valence-electron chi connectivity index (χ2n) is 6.12. The van der Waals surface area contributed by atoms with E-state index in [2.05, 4.69) is 5.32 Å². The zero-order valence-corrected chi connectivity index (χ0v) is 15.8. The highest BCUT2D eigenvalue weighted by molar-refractivity contribution is 5.99. The molecule has 0 saturated heterocycles. The number of hydrogen-bond donors (Lipinski definition) is 2. The van der Waals surface area contributed by atoms with Gasteiger partial charge >= 0.3 is 12.1 Å². The van der Waals surface area contributed by atoms with Crippen molar-refractivity contribution in [3.8, 4) is 5.75 Å². The lowest BCUT2D eigenvalue weighted by Crippen LogP contribution is -2.46. The molecule has 1 aromatic rings. The molecule has 0 aliphatic rings. The molecule has 0 aliphatic carbocycles. The quantitative estimate of drug-likeness (QED) is 0.615. The van der Waals surface area contributed by atoms with Crippen LogP contribution in [0, 0.1) is 5.92 Å². The normalized spacial score (nSPS) is 12.2. The van der Waals surface area contributed by atoms with Crippen molar-refractivity contribution in [2.45, 2.75) is 33.0 Å². The van der Waals surface area contributed by atoms with Crippen molar-refractivity contribution in [1.82, 2.24) is 10.6 Å². The van der Waals surface area contributed by atoms with E-state index in [1.807, 2.05) is 0 Å². The van der Waals surface area contributed by atoms with Gasteiger partial charge in [-0.3, -0.25) is 9.59 Å². The Morgan fingerprint density at radius 3 is 2.36 bits per heavy atom. The van der Waals surface area contributed by atoms with E-state index in [4.69, 9.17) is 9.47 Å². The van der Waals surface area contributed by atoms with E-state index < -0.39 is 49.1 Å². The maximum atomic E-state index is 12.5. The Bertz CT molecular complexity index is 692. The number of carbonyl (C=O) groups is 3. The third kappa shape index (κ3) is 7.85. The zero-order chi connectivity index (χ0) is 21.3. The fraction of sp³-hybridized carbons (Fsp3) is 0.500. The van der Waals surface area contributed by atoms with Crippen molar-refractivity contribution in [2.24, 2.45) is 5.92 Å². The van der Waals surface area contributed by atoms with Gasteiger partial charge in [-0.05, 0) is 25.0 Å². The molecule has 1 unspecified atom stereocenters. The first-order valence-electron chi connectivity index (χ1n) is 8.58. The Morgan fingerprint density at radius 2 is 1.79 bits per heavy atom. The largest absolute Gasteiger partial charge is 0.493 e. The van der Waals surface area contributed by atoms with Crippen LogP contribution in [0.3, 0.4) is 0 Å². The number of nitrogens with one attached hydrogen (secondary N) is 2. The van der Waals surface area contributed by atoms with Gasteiger partial charge in [0, 0.05) is 0 Å². The number of alkyl halides is 3. The van der Waals surface area contributed by atoms with E-state index >= 15 is 0 Å². The molecular formula is C18H23F3N2O5. The smallest absolute Gasteiger partial charge is 0.405 e. The number of rotatable bonds is 9. The Morgan fingerprint density at radius 1 is 1.14 bits per heavy atom. The zero-order valence-electron chi connectivity index (χ0n) is 15.8. The number of benzene rings is 1. The van der Waals surface area contributed by atoms with Crippen LogP contribution in [-0.4, -0.2) is 49.8 Å². The van der Waals surface area contributed by atoms with E-state index in [0.29, 0.717) is 12.4 Å². The van der Waals surface area contributed by atoms with Crippen LogP contribution in [0.4, 0.5) is 13.2 Å². The van der Waals surface area contributed by atoms with Gasteiger partial charge in [0.05, 0.1) is 12.2 Å². The fourth-order valence-electron chi connectivity index (χ4n) is 2.13. The summed E-state index contributed by atoms with van der Waals surface area (Å²) in [6.45, 7) is 2.97. The molecular weight excluding hydrogens is 381 g/mol. The van der Waals surface area contributed by atoms with Gasteiger partial charge in [-0.25, -0.2) is 4.79 Å². The van der Waals surface area contributed by atoms with Crippen LogP contribution in [0.25, 0.3) is 0 Å². The first-order chi connectivity index (χ1) is 13.0. The Kier molecular flexibility index (Phi) is 8.75. The van der Waals surface area contributed by atoms with Crippen molar-refractivity contribution in [2.75, 3.05) is 19.8 Å². The minimum Gasteiger partial charge on any atom is -0.493 e. The Balaban J connectivity index is 2.71. The molecule has 2 N–H and O–H groups in total. The number of esters is 1. The summed E-state index contributed by atoms with van der Waals surface area (Å²) in [6.07, 6.45) is -4.57. The van der Waals surface area contributed by atoms with E-state index in [1.165, 1.54) is 6.07 Å². The summed E-state index contributed by atoms with van der Waals surface area (Å²) in [5.74, 6) is -2.67. The minimum atomic E-state index is -4.57. The van der Waals surface area contributed by atoms with Gasteiger partial charge in [-0.2, -0.15) is 13.2 Å². The van der Waals surface area contributed by atoms with Gasteiger partial charge in [-0.1, -0.05) is 26.0 Å². The van der Waals surface area contributed by atoms with E-state index in [9.17, 15) is 27.6 Å². The summed E-state index contributed by atoms with van der Waals surface area (Å²) in [4.78, 5) is 36.1. The van der Waals surface area contributed by atoms with Crippen molar-refractivity contribution >= 4 is 17.8 Å². The number of halogens is 3. The van der Waals surface area contributed by atoms with Crippen molar-refractivity contribution in [3.05, 3.63) is 29.8 Å². The predicted molar refractivity (Wildman–Crippen MR) is 93.7 cm³/mol. The van der Waals surface area contributed by atoms with E-state index in [0.717, 1.165) is 0 Å². The highest BCUT2D eigenvalue weighted by Crippen LogP contribution is 2.18. The van der Waals surface area contributed by atoms with Gasteiger partial charge in [0.2, 0.25) is 0 Å². The summed E-state index contributed by atoms with van der Waals surface area (Å²) in [6, 6.07) is 5.35. The lowest BCUT2D eigenvalue weighted by atomic mass is 10.0. The highest BCUT2D eigenvalue weighted by Gasteiger charge is 2.29. The minimum absolute atomic E-state index is 0.214. The molecule has 0 bridgehead atoms. The van der Waals surface area contributed by atoms with Gasteiger partial charge in [0.25, 0.3) is 11.8 Å². The van der Waals surface area contributed by atoms with E-state index in [-0.39, 0.29) is 5.56 Å². The maximum Gasteiger partial charge on any atom is 0.405 e. The monoisotopic (exact) mass is 404 g/mol. The first-order valence-corrected chi connectivity index (χ1v) is 8.58. The molecule has 1 aromatic carbocycles. The van der Waals surface area contributed by atoms with Crippen LogP contribution < -0.4 is 15.4 Å². The number of para-hydroxylation sites is 1. The molecule has 0 radical (unpaired) electrons. The summed E-state index contributed by atoms with van der Waals surface area (Å²) in [5, 5.41) is 4.10. The Labute approximate surface area is 160 Å². The first kappa shape index (κ1) is 23.3. The summed E-state index contributed by atoms with van der Waals surface area (Å²) in [5.41, 5.74) is 0.214. The maximum absolute atomic E-state index is 12.5. The number of carbonyl (C=O) groups excluding carboxylic acids is 3.